The van der Waals surface area contributed by atoms with E-state index in [1.165, 1.54) is 0 Å². The predicted molar refractivity (Wildman–Crippen MR) is 91.1 cm³/mol. The molecule has 4 nitrogen and oxygen atoms in total. The fraction of sp³-hybridized carbons (Fsp3) is 0.278. The van der Waals surface area contributed by atoms with Gasteiger partial charge >= 0.3 is 0 Å². The second kappa shape index (κ2) is 6.64. The smallest absolute Gasteiger partial charge is 0.240 e. The number of Topliss-reactive ketones (excluding diaryl/α,β-unsaturated/α-hetero) is 1. The van der Waals surface area contributed by atoms with Crippen LogP contribution >= 0.6 is 0 Å². The van der Waals surface area contributed by atoms with Gasteiger partial charge in [0.1, 0.15) is 0 Å². The molecule has 0 aliphatic heterocycles. The van der Waals surface area contributed by atoms with E-state index in [2.05, 4.69) is 25.5 Å². The van der Waals surface area contributed by atoms with Crippen molar-refractivity contribution in [3.63, 3.8) is 0 Å². The Morgan fingerprint density at radius 2 is 1.52 bits per heavy atom. The van der Waals surface area contributed by atoms with Crippen LogP contribution in [-0.2, 0) is 15.4 Å². The lowest BCUT2D eigenvalue weighted by molar-refractivity contribution is 0.0997. The second-order valence-electron chi connectivity index (χ2n) is 6.39. The Hall–Kier alpha value is -1.98. The lowest BCUT2D eigenvalue weighted by Crippen LogP contribution is -2.29. The third-order valence-corrected chi connectivity index (χ3v) is 4.97. The molecule has 0 fully saturated rings. The van der Waals surface area contributed by atoms with Gasteiger partial charge in [0, 0.05) is 5.56 Å². The highest BCUT2D eigenvalue weighted by Crippen LogP contribution is 2.23. The highest BCUT2D eigenvalue weighted by Gasteiger charge is 2.18. The molecule has 0 spiro atoms. The first-order chi connectivity index (χ1) is 10.7. The first-order valence-corrected chi connectivity index (χ1v) is 8.87. The molecule has 1 N–H and O–H groups in total. The highest BCUT2D eigenvalue weighted by molar-refractivity contribution is 7.89. The quantitative estimate of drug-likeness (QED) is 0.856. The third-order valence-electron chi connectivity index (χ3n) is 3.55. The molecule has 122 valence electrons. The van der Waals surface area contributed by atoms with E-state index in [1.807, 2.05) is 0 Å². The highest BCUT2D eigenvalue weighted by atomic mass is 32.2. The van der Waals surface area contributed by atoms with Crippen molar-refractivity contribution in [2.45, 2.75) is 31.1 Å². The van der Waals surface area contributed by atoms with Crippen LogP contribution in [0.15, 0.2) is 59.5 Å². The minimum atomic E-state index is -3.70. The number of nitrogens with one attached hydrogen (secondary N) is 1. The van der Waals surface area contributed by atoms with E-state index in [0.29, 0.717) is 5.56 Å². The molecule has 0 bridgehead atoms. The first kappa shape index (κ1) is 17.4. The number of benzene rings is 2. The van der Waals surface area contributed by atoms with Crippen LogP contribution in [0.25, 0.3) is 0 Å². The van der Waals surface area contributed by atoms with E-state index in [0.717, 1.165) is 5.56 Å². The zero-order valence-corrected chi connectivity index (χ0v) is 14.4. The van der Waals surface area contributed by atoms with E-state index in [-0.39, 0.29) is 22.6 Å². The molecule has 5 heteroatoms. The Kier molecular flexibility index (Phi) is 5.02. The van der Waals surface area contributed by atoms with Gasteiger partial charge in [-0.15, -0.1) is 0 Å². The number of ketones is 1. The molecule has 0 atom stereocenters. The Morgan fingerprint density at radius 1 is 0.957 bits per heavy atom. The van der Waals surface area contributed by atoms with Crippen LogP contribution in [0.3, 0.4) is 0 Å². The monoisotopic (exact) mass is 331 g/mol. The molecule has 23 heavy (non-hydrogen) atoms. The van der Waals surface area contributed by atoms with E-state index in [1.54, 1.807) is 54.6 Å². The van der Waals surface area contributed by atoms with Crippen LogP contribution in [0.2, 0.25) is 0 Å². The number of rotatable bonds is 5. The van der Waals surface area contributed by atoms with E-state index in [9.17, 15) is 13.2 Å². The van der Waals surface area contributed by atoms with Crippen molar-refractivity contribution >= 4 is 15.8 Å². The van der Waals surface area contributed by atoms with Gasteiger partial charge in [0.2, 0.25) is 10.0 Å². The summed E-state index contributed by atoms with van der Waals surface area (Å²) < 4.78 is 26.9. The Balaban J connectivity index is 2.09. The summed E-state index contributed by atoms with van der Waals surface area (Å²) in [6, 6.07) is 15.3. The molecule has 2 rings (SSSR count). The minimum Gasteiger partial charge on any atom is -0.293 e. The van der Waals surface area contributed by atoms with Gasteiger partial charge in [-0.1, -0.05) is 63.2 Å². The molecule has 0 aliphatic rings. The summed E-state index contributed by atoms with van der Waals surface area (Å²) in [6.45, 7) is 5.93. The zero-order valence-electron chi connectivity index (χ0n) is 13.5. The summed E-state index contributed by atoms with van der Waals surface area (Å²) in [5, 5.41) is 0. The largest absolute Gasteiger partial charge is 0.293 e. The predicted octanol–water partition coefficient (Wildman–Crippen LogP) is 3.15. The normalized spacial score (nSPS) is 12.1. The minimum absolute atomic E-state index is 0.0427. The number of carbonyl (C=O) groups is 1. The number of hydrogen-bond donors (Lipinski definition) is 1. The van der Waals surface area contributed by atoms with Crippen molar-refractivity contribution in [1.29, 1.82) is 0 Å². The van der Waals surface area contributed by atoms with Crippen LogP contribution in [0.5, 0.6) is 0 Å². The average molecular weight is 331 g/mol. The SMILES string of the molecule is CC(C)(C)c1ccc(S(=O)(=O)NCC(=O)c2ccccc2)cc1. The summed E-state index contributed by atoms with van der Waals surface area (Å²) in [4.78, 5) is 12.1. The average Bonchev–Trinajstić information content (AvgIpc) is 2.53. The number of hydrogen-bond acceptors (Lipinski definition) is 3. The third kappa shape index (κ3) is 4.50. The Labute approximate surface area is 137 Å². The summed E-state index contributed by atoms with van der Waals surface area (Å²) in [5.41, 5.74) is 1.49. The summed E-state index contributed by atoms with van der Waals surface area (Å²) >= 11 is 0. The lowest BCUT2D eigenvalue weighted by atomic mass is 9.87. The standard InChI is InChI=1S/C18H21NO3S/c1-18(2,3)15-9-11-16(12-10-15)23(21,22)19-13-17(20)14-7-5-4-6-8-14/h4-12,19H,13H2,1-3H3. The van der Waals surface area contributed by atoms with Crippen molar-refractivity contribution in [1.82, 2.24) is 4.72 Å². The van der Waals surface area contributed by atoms with Crippen molar-refractivity contribution in [3.8, 4) is 0 Å². The molecular weight excluding hydrogens is 310 g/mol. The van der Waals surface area contributed by atoms with Crippen LogP contribution < -0.4 is 4.72 Å². The van der Waals surface area contributed by atoms with E-state index >= 15 is 0 Å². The van der Waals surface area contributed by atoms with Gasteiger partial charge in [0.05, 0.1) is 11.4 Å². The van der Waals surface area contributed by atoms with Gasteiger partial charge in [-0.2, -0.15) is 0 Å². The second-order valence-corrected chi connectivity index (χ2v) is 8.16. The molecule has 0 saturated heterocycles. The van der Waals surface area contributed by atoms with Crippen molar-refractivity contribution < 1.29 is 13.2 Å². The molecule has 0 radical (unpaired) electrons. The van der Waals surface area contributed by atoms with Crippen molar-refractivity contribution in [3.05, 3.63) is 65.7 Å². The van der Waals surface area contributed by atoms with Crippen LogP contribution in [-0.4, -0.2) is 20.7 Å². The van der Waals surface area contributed by atoms with Crippen LogP contribution in [0.1, 0.15) is 36.7 Å². The van der Waals surface area contributed by atoms with Gasteiger partial charge in [0.15, 0.2) is 5.78 Å². The van der Waals surface area contributed by atoms with Crippen molar-refractivity contribution in [2.24, 2.45) is 0 Å². The van der Waals surface area contributed by atoms with Crippen molar-refractivity contribution in [2.75, 3.05) is 6.54 Å². The molecule has 0 saturated carbocycles. The van der Waals surface area contributed by atoms with Gasteiger partial charge in [-0.05, 0) is 23.1 Å². The van der Waals surface area contributed by atoms with Gasteiger partial charge in [-0.25, -0.2) is 13.1 Å². The number of carbonyl (C=O) groups excluding carboxylic acids is 1. The van der Waals surface area contributed by atoms with Crippen LogP contribution in [0, 0.1) is 0 Å². The Bertz CT molecular complexity index is 773. The molecule has 0 heterocycles. The molecule has 0 aromatic heterocycles. The Morgan fingerprint density at radius 3 is 2.04 bits per heavy atom. The molecular formula is C18H21NO3S. The molecule has 0 aliphatic carbocycles. The van der Waals surface area contributed by atoms with E-state index < -0.39 is 10.0 Å². The summed E-state index contributed by atoms with van der Waals surface area (Å²) in [6.07, 6.45) is 0. The maximum absolute atomic E-state index is 12.3. The molecule has 2 aromatic carbocycles. The number of sulfonamides is 1. The first-order valence-electron chi connectivity index (χ1n) is 7.38. The fourth-order valence-corrected chi connectivity index (χ4v) is 3.09. The van der Waals surface area contributed by atoms with Gasteiger partial charge < -0.3 is 0 Å². The molecule has 0 amide bonds. The maximum Gasteiger partial charge on any atom is 0.240 e. The maximum atomic E-state index is 12.3. The summed E-state index contributed by atoms with van der Waals surface area (Å²) in [5.74, 6) is -0.263. The fourth-order valence-electron chi connectivity index (χ4n) is 2.10. The topological polar surface area (TPSA) is 63.2 Å². The van der Waals surface area contributed by atoms with Crippen LogP contribution in [0.4, 0.5) is 0 Å². The summed E-state index contributed by atoms with van der Waals surface area (Å²) in [7, 11) is -3.70. The lowest BCUT2D eigenvalue weighted by Gasteiger charge is -2.19. The molecule has 0 unspecified atom stereocenters. The van der Waals surface area contributed by atoms with E-state index in [4.69, 9.17) is 0 Å². The zero-order chi connectivity index (χ0) is 17.1. The van der Waals surface area contributed by atoms with Gasteiger partial charge in [-0.3, -0.25) is 4.79 Å². The van der Waals surface area contributed by atoms with Gasteiger partial charge in [0.25, 0.3) is 0 Å². The molecule has 2 aromatic rings.